The third kappa shape index (κ3) is 10.2. The van der Waals surface area contributed by atoms with Crippen LogP contribution in [0.5, 0.6) is 0 Å². The van der Waals surface area contributed by atoms with Gasteiger partial charge in [0.2, 0.25) is 5.91 Å². The fourth-order valence-corrected chi connectivity index (χ4v) is 4.41. The SMILES string of the molecule is CCC(=O)N(CCCCCCCCN=C(N)N)C1CCN(CCc2ccccc2)CC1. The number of piperidine rings is 1. The molecule has 0 bridgehead atoms. The van der Waals surface area contributed by atoms with E-state index in [1.807, 2.05) is 6.92 Å². The van der Waals surface area contributed by atoms with E-state index in [1.54, 1.807) is 0 Å². The maximum atomic E-state index is 12.6. The van der Waals surface area contributed by atoms with Gasteiger partial charge >= 0.3 is 0 Å². The molecule has 1 amide bonds. The second-order valence-electron chi connectivity index (χ2n) is 8.68. The fraction of sp³-hybridized carbons (Fsp3) is 0.680. The lowest BCUT2D eigenvalue weighted by atomic mass is 10.0. The van der Waals surface area contributed by atoms with Gasteiger partial charge in [0.15, 0.2) is 5.96 Å². The number of rotatable bonds is 14. The van der Waals surface area contributed by atoms with Crippen molar-refractivity contribution in [3.8, 4) is 0 Å². The van der Waals surface area contributed by atoms with Gasteiger partial charge in [-0.05, 0) is 37.7 Å². The van der Waals surface area contributed by atoms with Gasteiger partial charge in [-0.25, -0.2) is 0 Å². The molecule has 6 heteroatoms. The van der Waals surface area contributed by atoms with Crippen LogP contribution in [0, 0.1) is 0 Å². The molecule has 0 unspecified atom stereocenters. The largest absolute Gasteiger partial charge is 0.370 e. The van der Waals surface area contributed by atoms with E-state index in [4.69, 9.17) is 11.5 Å². The van der Waals surface area contributed by atoms with Crippen molar-refractivity contribution in [2.75, 3.05) is 32.7 Å². The summed E-state index contributed by atoms with van der Waals surface area (Å²) in [5, 5.41) is 0. The lowest BCUT2D eigenvalue weighted by Crippen LogP contribution is -2.48. The lowest BCUT2D eigenvalue weighted by molar-refractivity contribution is -0.134. The molecule has 1 heterocycles. The van der Waals surface area contributed by atoms with Crippen LogP contribution in [0.4, 0.5) is 0 Å². The van der Waals surface area contributed by atoms with Crippen molar-refractivity contribution in [2.24, 2.45) is 16.5 Å². The highest BCUT2D eigenvalue weighted by molar-refractivity contribution is 5.76. The van der Waals surface area contributed by atoms with Crippen LogP contribution in [0.1, 0.15) is 70.3 Å². The van der Waals surface area contributed by atoms with Gasteiger partial charge in [-0.3, -0.25) is 9.79 Å². The molecule has 0 saturated carbocycles. The van der Waals surface area contributed by atoms with Crippen molar-refractivity contribution < 1.29 is 4.79 Å². The number of unbranched alkanes of at least 4 members (excludes halogenated alkanes) is 5. The number of likely N-dealkylation sites (tertiary alicyclic amines) is 1. The number of hydrogen-bond donors (Lipinski definition) is 2. The zero-order chi connectivity index (χ0) is 22.3. The fourth-order valence-electron chi connectivity index (χ4n) is 4.41. The van der Waals surface area contributed by atoms with Crippen LogP contribution < -0.4 is 11.5 Å². The van der Waals surface area contributed by atoms with Crippen LogP contribution in [-0.4, -0.2) is 60.4 Å². The Hall–Kier alpha value is -2.08. The third-order valence-electron chi connectivity index (χ3n) is 6.28. The quantitative estimate of drug-likeness (QED) is 0.269. The Labute approximate surface area is 189 Å². The van der Waals surface area contributed by atoms with Crippen LogP contribution >= 0.6 is 0 Å². The van der Waals surface area contributed by atoms with Gasteiger partial charge < -0.3 is 21.3 Å². The molecule has 6 nitrogen and oxygen atoms in total. The first-order valence-electron chi connectivity index (χ1n) is 12.2. The van der Waals surface area contributed by atoms with E-state index in [1.165, 1.54) is 24.8 Å². The highest BCUT2D eigenvalue weighted by Crippen LogP contribution is 2.19. The van der Waals surface area contributed by atoms with Crippen molar-refractivity contribution >= 4 is 11.9 Å². The molecule has 1 aromatic carbocycles. The molecule has 0 aromatic heterocycles. The standard InChI is InChI=1S/C25H43N5O/c1-2-24(31)30(18-11-6-4-3-5-10-17-28-25(26)27)23-15-20-29(21-16-23)19-14-22-12-8-7-9-13-22/h7-9,12-13,23H,2-6,10-11,14-21H2,1H3,(H4,26,27,28). The molecule has 1 aliphatic heterocycles. The van der Waals surface area contributed by atoms with Crippen LogP contribution in [0.2, 0.25) is 0 Å². The van der Waals surface area contributed by atoms with Gasteiger partial charge in [0.1, 0.15) is 0 Å². The Balaban J connectivity index is 1.63. The van der Waals surface area contributed by atoms with Crippen molar-refractivity contribution in [1.29, 1.82) is 0 Å². The molecule has 0 spiro atoms. The molecule has 0 aliphatic carbocycles. The number of aliphatic imine (C=N–C) groups is 1. The first-order valence-corrected chi connectivity index (χ1v) is 12.2. The smallest absolute Gasteiger partial charge is 0.222 e. The van der Waals surface area contributed by atoms with Gasteiger partial charge in [0, 0.05) is 45.2 Å². The summed E-state index contributed by atoms with van der Waals surface area (Å²) in [6, 6.07) is 11.1. The van der Waals surface area contributed by atoms with Gasteiger partial charge in [-0.15, -0.1) is 0 Å². The Morgan fingerprint density at radius 3 is 2.32 bits per heavy atom. The second-order valence-corrected chi connectivity index (χ2v) is 8.68. The van der Waals surface area contributed by atoms with Gasteiger partial charge in [0.05, 0.1) is 0 Å². The molecule has 2 rings (SSSR count). The number of amides is 1. The number of carbonyl (C=O) groups excluding carboxylic acids is 1. The summed E-state index contributed by atoms with van der Waals surface area (Å²) in [6.45, 7) is 6.94. The summed E-state index contributed by atoms with van der Waals surface area (Å²) in [4.78, 5) is 21.3. The molecule has 1 aromatic rings. The highest BCUT2D eigenvalue weighted by atomic mass is 16.2. The summed E-state index contributed by atoms with van der Waals surface area (Å²) in [5.74, 6) is 0.502. The number of carbonyl (C=O) groups is 1. The Bertz CT molecular complexity index is 637. The zero-order valence-electron chi connectivity index (χ0n) is 19.5. The molecule has 1 saturated heterocycles. The molecule has 1 fully saturated rings. The molecule has 1 aliphatic rings. The first kappa shape index (κ1) is 25.2. The van der Waals surface area contributed by atoms with E-state index in [0.717, 1.165) is 71.2 Å². The average Bonchev–Trinajstić information content (AvgIpc) is 2.79. The van der Waals surface area contributed by atoms with E-state index in [2.05, 4.69) is 45.1 Å². The van der Waals surface area contributed by atoms with Crippen LogP contribution in [0.3, 0.4) is 0 Å². The molecular formula is C25H43N5O. The van der Waals surface area contributed by atoms with E-state index in [-0.39, 0.29) is 5.96 Å². The summed E-state index contributed by atoms with van der Waals surface area (Å²) in [7, 11) is 0. The molecule has 0 radical (unpaired) electrons. The minimum atomic E-state index is 0.183. The number of nitrogens with zero attached hydrogens (tertiary/aromatic N) is 3. The predicted octanol–water partition coefficient (Wildman–Crippen LogP) is 3.55. The second kappa shape index (κ2) is 14.8. The van der Waals surface area contributed by atoms with Crippen molar-refractivity contribution in [2.45, 2.75) is 77.2 Å². The number of benzene rings is 1. The Morgan fingerprint density at radius 1 is 1.03 bits per heavy atom. The lowest BCUT2D eigenvalue weighted by Gasteiger charge is -2.38. The number of guanidine groups is 1. The van der Waals surface area contributed by atoms with Crippen molar-refractivity contribution in [3.05, 3.63) is 35.9 Å². The van der Waals surface area contributed by atoms with Crippen LogP contribution in [-0.2, 0) is 11.2 Å². The summed E-state index contributed by atoms with van der Waals surface area (Å²) >= 11 is 0. The maximum Gasteiger partial charge on any atom is 0.222 e. The third-order valence-corrected chi connectivity index (χ3v) is 6.28. The normalized spacial score (nSPS) is 15.0. The number of nitrogens with two attached hydrogens (primary N) is 2. The molecule has 174 valence electrons. The monoisotopic (exact) mass is 429 g/mol. The summed E-state index contributed by atoms with van der Waals surface area (Å²) in [5.41, 5.74) is 12.1. The maximum absolute atomic E-state index is 12.6. The van der Waals surface area contributed by atoms with Gasteiger partial charge in [-0.2, -0.15) is 0 Å². The molecule has 31 heavy (non-hydrogen) atoms. The van der Waals surface area contributed by atoms with Crippen LogP contribution in [0.15, 0.2) is 35.3 Å². The topological polar surface area (TPSA) is 87.9 Å². The predicted molar refractivity (Wildman–Crippen MR) is 130 cm³/mol. The first-order chi connectivity index (χ1) is 15.1. The number of hydrogen-bond acceptors (Lipinski definition) is 3. The summed E-state index contributed by atoms with van der Waals surface area (Å²) < 4.78 is 0. The zero-order valence-corrected chi connectivity index (χ0v) is 19.5. The van der Waals surface area contributed by atoms with E-state index in [0.29, 0.717) is 18.4 Å². The Kier molecular flexibility index (Phi) is 12.1. The Morgan fingerprint density at radius 2 is 1.68 bits per heavy atom. The average molecular weight is 430 g/mol. The minimum absolute atomic E-state index is 0.183. The minimum Gasteiger partial charge on any atom is -0.370 e. The van der Waals surface area contributed by atoms with E-state index < -0.39 is 0 Å². The van der Waals surface area contributed by atoms with Gasteiger partial charge in [0.25, 0.3) is 0 Å². The molecular weight excluding hydrogens is 386 g/mol. The molecule has 4 N–H and O–H groups in total. The van der Waals surface area contributed by atoms with Gasteiger partial charge in [-0.1, -0.05) is 62.9 Å². The van der Waals surface area contributed by atoms with Crippen LogP contribution in [0.25, 0.3) is 0 Å². The summed E-state index contributed by atoms with van der Waals surface area (Å²) in [6.07, 6.45) is 10.8. The highest BCUT2D eigenvalue weighted by Gasteiger charge is 2.26. The van der Waals surface area contributed by atoms with Crippen molar-refractivity contribution in [3.63, 3.8) is 0 Å². The van der Waals surface area contributed by atoms with Crippen molar-refractivity contribution in [1.82, 2.24) is 9.80 Å². The molecule has 0 atom stereocenters. The van der Waals surface area contributed by atoms with E-state index >= 15 is 0 Å². The van der Waals surface area contributed by atoms with E-state index in [9.17, 15) is 4.79 Å².